The summed E-state index contributed by atoms with van der Waals surface area (Å²) in [5, 5.41) is 3.36. The van der Waals surface area contributed by atoms with Gasteiger partial charge in [-0.15, -0.1) is 0 Å². The van der Waals surface area contributed by atoms with E-state index in [1.54, 1.807) is 0 Å². The van der Waals surface area contributed by atoms with E-state index < -0.39 is 5.60 Å². The maximum Gasteiger partial charge on any atom is 0.410 e. The smallest absolute Gasteiger partial charge is 0.410 e. The molecule has 3 N–H and O–H groups in total. The molecule has 122 valence electrons. The SMILES string of the molecule is CC(C)(C)OC(=O)N1CCC(NNC2CCNCC2)CC1. The topological polar surface area (TPSA) is 65.6 Å². The van der Waals surface area contributed by atoms with E-state index in [4.69, 9.17) is 4.74 Å². The van der Waals surface area contributed by atoms with Crippen molar-refractivity contribution in [2.45, 2.75) is 64.1 Å². The van der Waals surface area contributed by atoms with Crippen LogP contribution in [0.5, 0.6) is 0 Å². The number of hydrogen-bond donors (Lipinski definition) is 3. The molecule has 6 heteroatoms. The molecular formula is C15H30N4O2. The van der Waals surface area contributed by atoms with Crippen molar-refractivity contribution in [3.05, 3.63) is 0 Å². The Labute approximate surface area is 127 Å². The van der Waals surface area contributed by atoms with Crippen molar-refractivity contribution in [3.63, 3.8) is 0 Å². The Balaban J connectivity index is 1.64. The van der Waals surface area contributed by atoms with Crippen LogP contribution >= 0.6 is 0 Å². The molecule has 6 nitrogen and oxygen atoms in total. The first kappa shape index (κ1) is 16.5. The Morgan fingerprint density at radius 3 is 2.10 bits per heavy atom. The normalized spacial score (nSPS) is 22.3. The number of nitrogens with one attached hydrogen (secondary N) is 3. The molecule has 0 radical (unpaired) electrons. The minimum atomic E-state index is -0.414. The number of likely N-dealkylation sites (tertiary alicyclic amines) is 1. The second kappa shape index (κ2) is 7.42. The highest BCUT2D eigenvalue weighted by atomic mass is 16.6. The number of ether oxygens (including phenoxy) is 1. The highest BCUT2D eigenvalue weighted by molar-refractivity contribution is 5.68. The van der Waals surface area contributed by atoms with Crippen LogP contribution in [0.25, 0.3) is 0 Å². The zero-order valence-corrected chi connectivity index (χ0v) is 13.6. The van der Waals surface area contributed by atoms with Crippen molar-refractivity contribution >= 4 is 6.09 Å². The molecule has 21 heavy (non-hydrogen) atoms. The summed E-state index contributed by atoms with van der Waals surface area (Å²) in [6.45, 7) is 9.43. The zero-order chi connectivity index (χ0) is 15.3. The Hall–Kier alpha value is -0.850. The van der Waals surface area contributed by atoms with Gasteiger partial charge in [-0.3, -0.25) is 10.9 Å². The minimum absolute atomic E-state index is 0.188. The van der Waals surface area contributed by atoms with Crippen molar-refractivity contribution in [1.29, 1.82) is 0 Å². The van der Waals surface area contributed by atoms with Crippen molar-refractivity contribution < 1.29 is 9.53 Å². The van der Waals surface area contributed by atoms with Crippen LogP contribution in [-0.2, 0) is 4.74 Å². The molecule has 0 aromatic carbocycles. The van der Waals surface area contributed by atoms with Crippen LogP contribution in [0, 0.1) is 0 Å². The first-order valence-electron chi connectivity index (χ1n) is 8.14. The van der Waals surface area contributed by atoms with Crippen LogP contribution in [-0.4, -0.2) is 54.9 Å². The van der Waals surface area contributed by atoms with Crippen LogP contribution < -0.4 is 16.2 Å². The quantitative estimate of drug-likeness (QED) is 0.684. The molecule has 0 aromatic rings. The maximum absolute atomic E-state index is 12.0. The summed E-state index contributed by atoms with van der Waals surface area (Å²) in [5.41, 5.74) is 6.48. The van der Waals surface area contributed by atoms with Crippen molar-refractivity contribution in [2.24, 2.45) is 0 Å². The van der Waals surface area contributed by atoms with Crippen LogP contribution in [0.1, 0.15) is 46.5 Å². The number of carbonyl (C=O) groups is 1. The summed E-state index contributed by atoms with van der Waals surface area (Å²) >= 11 is 0. The van der Waals surface area contributed by atoms with Crippen molar-refractivity contribution in [3.8, 4) is 0 Å². The van der Waals surface area contributed by atoms with E-state index in [-0.39, 0.29) is 6.09 Å². The molecule has 0 atom stereocenters. The predicted octanol–water partition coefficient (Wildman–Crippen LogP) is 1.23. The van der Waals surface area contributed by atoms with Gasteiger partial charge in [-0.05, 0) is 59.5 Å². The molecule has 2 aliphatic rings. The lowest BCUT2D eigenvalue weighted by Crippen LogP contribution is -2.53. The fourth-order valence-corrected chi connectivity index (χ4v) is 2.73. The monoisotopic (exact) mass is 298 g/mol. The van der Waals surface area contributed by atoms with Gasteiger partial charge in [-0.1, -0.05) is 0 Å². The van der Waals surface area contributed by atoms with Gasteiger partial charge in [-0.2, -0.15) is 0 Å². The molecule has 2 fully saturated rings. The number of amides is 1. The Kier molecular flexibility index (Phi) is 5.84. The number of rotatable bonds is 3. The van der Waals surface area contributed by atoms with Crippen LogP contribution in [0.2, 0.25) is 0 Å². The number of carbonyl (C=O) groups excluding carboxylic acids is 1. The van der Waals surface area contributed by atoms with Crippen LogP contribution in [0.15, 0.2) is 0 Å². The second-order valence-corrected chi connectivity index (χ2v) is 7.05. The van der Waals surface area contributed by atoms with E-state index in [0.717, 1.165) is 39.0 Å². The van der Waals surface area contributed by atoms with Gasteiger partial charge in [0.2, 0.25) is 0 Å². The lowest BCUT2D eigenvalue weighted by molar-refractivity contribution is 0.0193. The molecular weight excluding hydrogens is 268 g/mol. The van der Waals surface area contributed by atoms with E-state index in [9.17, 15) is 4.79 Å². The van der Waals surface area contributed by atoms with E-state index in [1.165, 1.54) is 12.8 Å². The zero-order valence-electron chi connectivity index (χ0n) is 13.6. The summed E-state index contributed by atoms with van der Waals surface area (Å²) in [4.78, 5) is 13.8. The Bertz CT molecular complexity index is 329. The number of piperidine rings is 2. The molecule has 2 heterocycles. The number of nitrogens with zero attached hydrogens (tertiary/aromatic N) is 1. The molecule has 0 unspecified atom stereocenters. The standard InChI is InChI=1S/C15H30N4O2/c1-15(2,3)21-14(20)19-10-6-13(7-11-19)18-17-12-4-8-16-9-5-12/h12-13,16-18H,4-11H2,1-3H3. The summed E-state index contributed by atoms with van der Waals surface area (Å²) < 4.78 is 5.41. The summed E-state index contributed by atoms with van der Waals surface area (Å²) in [6.07, 6.45) is 4.09. The molecule has 2 rings (SSSR count). The third-order valence-corrected chi connectivity index (χ3v) is 3.98. The molecule has 0 spiro atoms. The minimum Gasteiger partial charge on any atom is -0.444 e. The molecule has 2 aliphatic heterocycles. The van der Waals surface area contributed by atoms with Gasteiger partial charge < -0.3 is 15.0 Å². The van der Waals surface area contributed by atoms with Crippen LogP contribution in [0.3, 0.4) is 0 Å². The fraction of sp³-hybridized carbons (Fsp3) is 0.933. The fourth-order valence-electron chi connectivity index (χ4n) is 2.73. The maximum atomic E-state index is 12.0. The summed E-state index contributed by atoms with van der Waals surface area (Å²) in [6, 6.07) is 1.01. The second-order valence-electron chi connectivity index (χ2n) is 7.05. The average molecular weight is 298 g/mol. The van der Waals surface area contributed by atoms with Crippen LogP contribution in [0.4, 0.5) is 4.79 Å². The van der Waals surface area contributed by atoms with E-state index in [1.807, 2.05) is 25.7 Å². The Morgan fingerprint density at radius 1 is 1.05 bits per heavy atom. The highest BCUT2D eigenvalue weighted by Gasteiger charge is 2.27. The molecule has 2 saturated heterocycles. The summed E-state index contributed by atoms with van der Waals surface area (Å²) in [7, 11) is 0. The van der Waals surface area contributed by atoms with Gasteiger partial charge in [0.1, 0.15) is 5.60 Å². The van der Waals surface area contributed by atoms with Crippen molar-refractivity contribution in [2.75, 3.05) is 26.2 Å². The van der Waals surface area contributed by atoms with Gasteiger partial charge in [0, 0.05) is 25.2 Å². The first-order chi connectivity index (χ1) is 9.94. The Morgan fingerprint density at radius 2 is 1.57 bits per heavy atom. The molecule has 0 aromatic heterocycles. The molecule has 0 bridgehead atoms. The van der Waals surface area contributed by atoms with E-state index in [0.29, 0.717) is 12.1 Å². The van der Waals surface area contributed by atoms with Gasteiger partial charge in [0.05, 0.1) is 0 Å². The third-order valence-electron chi connectivity index (χ3n) is 3.98. The van der Waals surface area contributed by atoms with Gasteiger partial charge in [0.15, 0.2) is 0 Å². The van der Waals surface area contributed by atoms with Gasteiger partial charge in [-0.25, -0.2) is 4.79 Å². The molecule has 0 aliphatic carbocycles. The van der Waals surface area contributed by atoms with Gasteiger partial charge in [0.25, 0.3) is 0 Å². The lowest BCUT2D eigenvalue weighted by Gasteiger charge is -2.35. The first-order valence-corrected chi connectivity index (χ1v) is 8.14. The summed E-state index contributed by atoms with van der Waals surface area (Å²) in [5.74, 6) is 0. The van der Waals surface area contributed by atoms with E-state index in [2.05, 4.69) is 16.2 Å². The number of hydrogen-bond acceptors (Lipinski definition) is 5. The third kappa shape index (κ3) is 5.80. The molecule has 0 saturated carbocycles. The number of hydrazine groups is 1. The van der Waals surface area contributed by atoms with E-state index >= 15 is 0 Å². The van der Waals surface area contributed by atoms with Crippen molar-refractivity contribution in [1.82, 2.24) is 21.1 Å². The highest BCUT2D eigenvalue weighted by Crippen LogP contribution is 2.15. The van der Waals surface area contributed by atoms with Gasteiger partial charge >= 0.3 is 6.09 Å². The molecule has 1 amide bonds. The average Bonchev–Trinajstić information content (AvgIpc) is 2.45. The largest absolute Gasteiger partial charge is 0.444 e. The predicted molar refractivity (Wildman–Crippen MR) is 83.0 cm³/mol. The lowest BCUT2D eigenvalue weighted by atomic mass is 10.1.